The van der Waals surface area contributed by atoms with Crippen LogP contribution in [0.25, 0.3) is 0 Å². The molecule has 0 aromatic heterocycles. The van der Waals surface area contributed by atoms with Crippen molar-refractivity contribution in [1.82, 2.24) is 4.90 Å². The van der Waals surface area contributed by atoms with Crippen molar-refractivity contribution in [2.75, 3.05) is 26.9 Å². The molecule has 7 heteroatoms. The molecular weight excluding hydrogens is 394 g/mol. The zero-order valence-electron chi connectivity index (χ0n) is 16.3. The molecule has 0 N–H and O–H groups in total. The molecule has 154 valence electrons. The van der Waals surface area contributed by atoms with Gasteiger partial charge in [0.15, 0.2) is 6.61 Å². The number of hydrogen-bond donors (Lipinski definition) is 0. The first-order valence-corrected chi connectivity index (χ1v) is 9.89. The van der Waals surface area contributed by atoms with Crippen LogP contribution in [0.2, 0.25) is 5.02 Å². The van der Waals surface area contributed by atoms with Crippen LogP contribution in [0.4, 0.5) is 0 Å². The third-order valence-electron chi connectivity index (χ3n) is 4.64. The molecule has 1 amide bonds. The maximum Gasteiger partial charge on any atom is 0.338 e. The molecule has 1 aliphatic heterocycles. The maximum absolute atomic E-state index is 12.2. The zero-order chi connectivity index (χ0) is 20.6. The van der Waals surface area contributed by atoms with Crippen molar-refractivity contribution < 1.29 is 23.8 Å². The number of halogens is 1. The average Bonchev–Trinajstić information content (AvgIpc) is 3.26. The Labute approximate surface area is 175 Å². The van der Waals surface area contributed by atoms with E-state index in [1.807, 2.05) is 12.1 Å². The van der Waals surface area contributed by atoms with Gasteiger partial charge < -0.3 is 19.1 Å². The maximum atomic E-state index is 12.2. The van der Waals surface area contributed by atoms with Crippen molar-refractivity contribution in [3.8, 4) is 5.75 Å². The summed E-state index contributed by atoms with van der Waals surface area (Å²) in [7, 11) is 1.66. The van der Waals surface area contributed by atoms with E-state index in [1.165, 1.54) is 4.90 Å². The molecule has 1 heterocycles. The number of hydrogen-bond acceptors (Lipinski definition) is 5. The van der Waals surface area contributed by atoms with E-state index >= 15 is 0 Å². The highest BCUT2D eigenvalue weighted by atomic mass is 35.5. The summed E-state index contributed by atoms with van der Waals surface area (Å²) < 4.78 is 16.3. The average molecular weight is 418 g/mol. The molecule has 0 radical (unpaired) electrons. The minimum atomic E-state index is -0.552. The van der Waals surface area contributed by atoms with Crippen LogP contribution in [0.1, 0.15) is 28.8 Å². The van der Waals surface area contributed by atoms with E-state index in [2.05, 4.69) is 0 Å². The lowest BCUT2D eigenvalue weighted by molar-refractivity contribution is -0.133. The summed E-state index contributed by atoms with van der Waals surface area (Å²) in [5, 5.41) is 0.639. The van der Waals surface area contributed by atoms with Gasteiger partial charge in [0, 0.05) is 25.2 Å². The van der Waals surface area contributed by atoms with Gasteiger partial charge in [-0.05, 0) is 54.8 Å². The number of esters is 1. The van der Waals surface area contributed by atoms with Crippen LogP contribution in [-0.2, 0) is 20.8 Å². The van der Waals surface area contributed by atoms with Crippen LogP contribution >= 0.6 is 11.6 Å². The number of likely N-dealkylation sites (N-methyl/N-ethyl adjacent to an activating group) is 1. The van der Waals surface area contributed by atoms with Gasteiger partial charge in [0.05, 0.1) is 11.7 Å². The molecule has 0 spiro atoms. The fraction of sp³-hybridized carbons (Fsp3) is 0.364. The van der Waals surface area contributed by atoms with E-state index in [9.17, 15) is 9.59 Å². The molecule has 1 atom stereocenters. The Balaban J connectivity index is 1.43. The Bertz CT molecular complexity index is 816. The summed E-state index contributed by atoms with van der Waals surface area (Å²) in [5.41, 5.74) is 1.30. The van der Waals surface area contributed by atoms with Gasteiger partial charge in [-0.15, -0.1) is 0 Å². The molecule has 6 nitrogen and oxygen atoms in total. The Kier molecular flexibility index (Phi) is 7.49. The first-order chi connectivity index (χ1) is 14.0. The number of amides is 1. The van der Waals surface area contributed by atoms with E-state index < -0.39 is 5.97 Å². The van der Waals surface area contributed by atoms with Crippen LogP contribution in [0.5, 0.6) is 5.75 Å². The second-order valence-electron chi connectivity index (χ2n) is 6.92. The number of rotatable bonds is 8. The highest BCUT2D eigenvalue weighted by Crippen LogP contribution is 2.17. The molecule has 1 fully saturated rings. The zero-order valence-corrected chi connectivity index (χ0v) is 17.1. The number of ether oxygens (including phenoxy) is 3. The standard InChI is InChI=1S/C22H24ClNO5/c1-24(13-16-4-8-18(23)9-5-16)21(25)15-29-22(26)17-6-10-19(11-7-17)28-14-20-3-2-12-27-20/h4-11,20H,2-3,12-15H2,1H3/t20-/m0/s1. The quantitative estimate of drug-likeness (QED) is 0.612. The fourth-order valence-electron chi connectivity index (χ4n) is 2.92. The highest BCUT2D eigenvalue weighted by Gasteiger charge is 2.17. The molecule has 0 unspecified atom stereocenters. The summed E-state index contributed by atoms with van der Waals surface area (Å²) in [6.07, 6.45) is 2.20. The third-order valence-corrected chi connectivity index (χ3v) is 4.89. The predicted octanol–water partition coefficient (Wildman–Crippen LogP) is 3.71. The Hall–Kier alpha value is -2.57. The number of carbonyl (C=O) groups excluding carboxylic acids is 2. The Morgan fingerprint density at radius 1 is 1.14 bits per heavy atom. The van der Waals surface area contributed by atoms with Gasteiger partial charge in [0.1, 0.15) is 12.4 Å². The van der Waals surface area contributed by atoms with Crippen molar-refractivity contribution in [3.63, 3.8) is 0 Å². The van der Waals surface area contributed by atoms with Crippen molar-refractivity contribution in [2.24, 2.45) is 0 Å². The molecule has 1 aliphatic rings. The molecule has 2 aromatic carbocycles. The van der Waals surface area contributed by atoms with Gasteiger partial charge >= 0.3 is 5.97 Å². The van der Waals surface area contributed by atoms with Gasteiger partial charge in [-0.3, -0.25) is 4.79 Å². The van der Waals surface area contributed by atoms with E-state index in [-0.39, 0.29) is 18.6 Å². The molecular formula is C22H24ClNO5. The van der Waals surface area contributed by atoms with Gasteiger partial charge in [0.25, 0.3) is 5.91 Å². The molecule has 3 rings (SSSR count). The van der Waals surface area contributed by atoms with E-state index in [0.29, 0.717) is 29.5 Å². The predicted molar refractivity (Wildman–Crippen MR) is 109 cm³/mol. The van der Waals surface area contributed by atoms with Gasteiger partial charge in [-0.1, -0.05) is 23.7 Å². The number of carbonyl (C=O) groups is 2. The molecule has 0 aliphatic carbocycles. The van der Waals surface area contributed by atoms with Crippen molar-refractivity contribution in [3.05, 3.63) is 64.7 Å². The summed E-state index contributed by atoms with van der Waals surface area (Å²) in [6.45, 7) is 1.37. The van der Waals surface area contributed by atoms with Crippen molar-refractivity contribution >= 4 is 23.5 Å². The largest absolute Gasteiger partial charge is 0.491 e. The van der Waals surface area contributed by atoms with Crippen LogP contribution in [0.15, 0.2) is 48.5 Å². The highest BCUT2D eigenvalue weighted by molar-refractivity contribution is 6.30. The topological polar surface area (TPSA) is 65.1 Å². The summed E-state index contributed by atoms with van der Waals surface area (Å²) >= 11 is 5.86. The van der Waals surface area contributed by atoms with E-state index in [4.69, 9.17) is 25.8 Å². The van der Waals surface area contributed by atoms with Crippen LogP contribution in [-0.4, -0.2) is 49.7 Å². The number of nitrogens with zero attached hydrogens (tertiary/aromatic N) is 1. The monoisotopic (exact) mass is 417 g/mol. The normalized spacial score (nSPS) is 15.7. The van der Waals surface area contributed by atoms with Crippen molar-refractivity contribution in [2.45, 2.75) is 25.5 Å². The SMILES string of the molecule is CN(Cc1ccc(Cl)cc1)C(=O)COC(=O)c1ccc(OC[C@@H]2CCCO2)cc1. The van der Waals surface area contributed by atoms with Crippen LogP contribution in [0.3, 0.4) is 0 Å². The molecule has 2 aromatic rings. The third kappa shape index (κ3) is 6.48. The minimum absolute atomic E-state index is 0.135. The lowest BCUT2D eigenvalue weighted by Crippen LogP contribution is -2.30. The van der Waals surface area contributed by atoms with Crippen LogP contribution < -0.4 is 4.74 Å². The Morgan fingerprint density at radius 2 is 1.86 bits per heavy atom. The smallest absolute Gasteiger partial charge is 0.338 e. The minimum Gasteiger partial charge on any atom is -0.491 e. The lowest BCUT2D eigenvalue weighted by atomic mass is 10.2. The Morgan fingerprint density at radius 3 is 2.52 bits per heavy atom. The number of benzene rings is 2. The first kappa shape index (κ1) is 21.1. The van der Waals surface area contributed by atoms with Gasteiger partial charge in [-0.2, -0.15) is 0 Å². The lowest BCUT2D eigenvalue weighted by Gasteiger charge is -2.17. The second kappa shape index (κ2) is 10.3. The molecule has 0 saturated carbocycles. The first-order valence-electron chi connectivity index (χ1n) is 9.51. The summed E-state index contributed by atoms with van der Waals surface area (Å²) in [4.78, 5) is 25.9. The molecule has 29 heavy (non-hydrogen) atoms. The fourth-order valence-corrected chi connectivity index (χ4v) is 3.05. The van der Waals surface area contributed by atoms with Crippen molar-refractivity contribution in [1.29, 1.82) is 0 Å². The van der Waals surface area contributed by atoms with Crippen LogP contribution in [0, 0.1) is 0 Å². The second-order valence-corrected chi connectivity index (χ2v) is 7.36. The van der Waals surface area contributed by atoms with E-state index in [0.717, 1.165) is 25.0 Å². The molecule has 1 saturated heterocycles. The molecule has 0 bridgehead atoms. The summed E-state index contributed by atoms with van der Waals surface area (Å²) in [6, 6.07) is 13.9. The van der Waals surface area contributed by atoms with Gasteiger partial charge in [-0.25, -0.2) is 4.79 Å². The summed E-state index contributed by atoms with van der Waals surface area (Å²) in [5.74, 6) is -0.176. The van der Waals surface area contributed by atoms with E-state index in [1.54, 1.807) is 43.4 Å². The van der Waals surface area contributed by atoms with Gasteiger partial charge in [0.2, 0.25) is 0 Å².